The van der Waals surface area contributed by atoms with Gasteiger partial charge >= 0.3 is 0 Å². The van der Waals surface area contributed by atoms with Crippen LogP contribution in [0.5, 0.6) is 0 Å². The minimum Gasteiger partial charge on any atom is -0.439 e. The predicted octanol–water partition coefficient (Wildman–Crippen LogP) is 2.15. The van der Waals surface area contributed by atoms with Crippen LogP contribution in [0.2, 0.25) is 0 Å². The lowest BCUT2D eigenvalue weighted by Gasteiger charge is -2.05. The normalized spacial score (nSPS) is 11.4. The summed E-state index contributed by atoms with van der Waals surface area (Å²) in [6.07, 6.45) is 3.62. The van der Waals surface area contributed by atoms with E-state index in [9.17, 15) is 0 Å². The van der Waals surface area contributed by atoms with E-state index in [1.165, 1.54) is 0 Å². The van der Waals surface area contributed by atoms with Gasteiger partial charge in [0.25, 0.3) is 0 Å². The number of hydrogen-bond donors (Lipinski definition) is 1. The second kappa shape index (κ2) is 5.07. The molecule has 2 rings (SSSR count). The van der Waals surface area contributed by atoms with Crippen LogP contribution in [0.25, 0.3) is 11.2 Å². The van der Waals surface area contributed by atoms with Crippen LogP contribution in [0.15, 0.2) is 22.7 Å². The van der Waals surface area contributed by atoms with E-state index in [1.54, 1.807) is 6.20 Å². The number of aryl methyl sites for hydroxylation is 1. The molecule has 2 heterocycles. The van der Waals surface area contributed by atoms with Crippen molar-refractivity contribution in [2.45, 2.75) is 32.7 Å². The van der Waals surface area contributed by atoms with E-state index in [-0.39, 0.29) is 0 Å². The van der Waals surface area contributed by atoms with Crippen LogP contribution in [0.4, 0.5) is 0 Å². The summed E-state index contributed by atoms with van der Waals surface area (Å²) in [6, 6.07) is 4.29. The molecule has 0 radical (unpaired) electrons. The van der Waals surface area contributed by atoms with Crippen molar-refractivity contribution in [3.63, 3.8) is 0 Å². The van der Waals surface area contributed by atoms with E-state index in [1.807, 2.05) is 12.1 Å². The first-order valence-electron chi connectivity index (χ1n) is 5.69. The lowest BCUT2D eigenvalue weighted by Crippen LogP contribution is -2.23. The SMILES string of the molecule is CC(C)NCCCc1nc2ncccc2o1. The molecule has 16 heavy (non-hydrogen) atoms. The van der Waals surface area contributed by atoms with E-state index in [2.05, 4.69) is 29.1 Å². The smallest absolute Gasteiger partial charge is 0.198 e. The molecule has 0 aromatic carbocycles. The molecule has 86 valence electrons. The Morgan fingerprint density at radius 3 is 3.06 bits per heavy atom. The number of aromatic nitrogens is 2. The highest BCUT2D eigenvalue weighted by Gasteiger charge is 2.05. The fourth-order valence-electron chi connectivity index (χ4n) is 1.55. The third-order valence-electron chi connectivity index (χ3n) is 2.33. The number of pyridine rings is 1. The van der Waals surface area contributed by atoms with E-state index in [0.29, 0.717) is 11.7 Å². The van der Waals surface area contributed by atoms with Crippen molar-refractivity contribution in [3.8, 4) is 0 Å². The molecule has 0 saturated heterocycles. The average molecular weight is 219 g/mol. The molecule has 0 bridgehead atoms. The average Bonchev–Trinajstić information content (AvgIpc) is 2.66. The van der Waals surface area contributed by atoms with Crippen molar-refractivity contribution in [2.75, 3.05) is 6.54 Å². The first-order chi connectivity index (χ1) is 7.75. The second-order valence-electron chi connectivity index (χ2n) is 4.15. The molecule has 0 aliphatic rings. The Labute approximate surface area is 95.1 Å². The summed E-state index contributed by atoms with van der Waals surface area (Å²) in [5, 5.41) is 3.36. The topological polar surface area (TPSA) is 51.0 Å². The summed E-state index contributed by atoms with van der Waals surface area (Å²) in [5.74, 6) is 0.777. The van der Waals surface area contributed by atoms with Crippen LogP contribution < -0.4 is 5.32 Å². The molecule has 0 spiro atoms. The zero-order valence-corrected chi connectivity index (χ0v) is 9.73. The molecule has 2 aromatic heterocycles. The zero-order chi connectivity index (χ0) is 11.4. The molecule has 0 aliphatic heterocycles. The fraction of sp³-hybridized carbons (Fsp3) is 0.500. The van der Waals surface area contributed by atoms with Gasteiger partial charge in [-0.05, 0) is 25.1 Å². The van der Waals surface area contributed by atoms with Crippen molar-refractivity contribution in [1.82, 2.24) is 15.3 Å². The van der Waals surface area contributed by atoms with Crippen LogP contribution in [-0.2, 0) is 6.42 Å². The standard InChI is InChI=1S/C12H17N3O/c1-9(2)13-7-4-6-11-15-12-10(16-11)5-3-8-14-12/h3,5,8-9,13H,4,6-7H2,1-2H3. The summed E-state index contributed by atoms with van der Waals surface area (Å²) in [5.41, 5.74) is 1.48. The minimum absolute atomic E-state index is 0.533. The van der Waals surface area contributed by atoms with Gasteiger partial charge in [-0.2, -0.15) is 4.98 Å². The van der Waals surface area contributed by atoms with Crippen molar-refractivity contribution in [1.29, 1.82) is 0 Å². The lowest BCUT2D eigenvalue weighted by molar-refractivity contribution is 0.500. The summed E-state index contributed by atoms with van der Waals surface area (Å²) < 4.78 is 5.57. The monoisotopic (exact) mass is 219 g/mol. The maximum absolute atomic E-state index is 5.57. The Morgan fingerprint density at radius 2 is 2.31 bits per heavy atom. The van der Waals surface area contributed by atoms with E-state index < -0.39 is 0 Å². The lowest BCUT2D eigenvalue weighted by atomic mass is 10.3. The molecule has 0 aliphatic carbocycles. The Hall–Kier alpha value is -1.42. The Kier molecular flexibility index (Phi) is 3.51. The van der Waals surface area contributed by atoms with Crippen molar-refractivity contribution < 1.29 is 4.42 Å². The maximum atomic E-state index is 5.57. The highest BCUT2D eigenvalue weighted by Crippen LogP contribution is 2.13. The minimum atomic E-state index is 0.533. The van der Waals surface area contributed by atoms with Gasteiger partial charge < -0.3 is 9.73 Å². The van der Waals surface area contributed by atoms with Crippen LogP contribution >= 0.6 is 0 Å². The predicted molar refractivity (Wildman–Crippen MR) is 63.3 cm³/mol. The second-order valence-corrected chi connectivity index (χ2v) is 4.15. The Balaban J connectivity index is 1.89. The summed E-state index contributed by atoms with van der Waals surface area (Å²) in [6.45, 7) is 5.27. The Morgan fingerprint density at radius 1 is 1.44 bits per heavy atom. The first kappa shape index (κ1) is 11.1. The molecule has 4 heteroatoms. The summed E-state index contributed by atoms with van der Waals surface area (Å²) >= 11 is 0. The molecular weight excluding hydrogens is 202 g/mol. The van der Waals surface area contributed by atoms with Gasteiger partial charge in [-0.1, -0.05) is 13.8 Å². The van der Waals surface area contributed by atoms with E-state index in [0.717, 1.165) is 30.9 Å². The first-order valence-corrected chi connectivity index (χ1v) is 5.69. The number of rotatable bonds is 5. The Bertz CT molecular complexity index is 417. The van der Waals surface area contributed by atoms with Gasteiger partial charge in [-0.15, -0.1) is 0 Å². The number of nitrogens with zero attached hydrogens (tertiary/aromatic N) is 2. The van der Waals surface area contributed by atoms with Gasteiger partial charge in [0.15, 0.2) is 17.1 Å². The number of fused-ring (bicyclic) bond motifs is 1. The van der Waals surface area contributed by atoms with Crippen molar-refractivity contribution >= 4 is 11.2 Å². The van der Waals surface area contributed by atoms with Gasteiger partial charge in [0.05, 0.1) is 0 Å². The number of oxazole rings is 1. The molecule has 1 N–H and O–H groups in total. The van der Waals surface area contributed by atoms with Crippen LogP contribution in [0, 0.1) is 0 Å². The molecule has 0 atom stereocenters. The zero-order valence-electron chi connectivity index (χ0n) is 9.73. The third kappa shape index (κ3) is 2.79. The molecule has 0 unspecified atom stereocenters. The summed E-state index contributed by atoms with van der Waals surface area (Å²) in [4.78, 5) is 8.46. The highest BCUT2D eigenvalue weighted by molar-refractivity contribution is 5.66. The van der Waals surface area contributed by atoms with Gasteiger partial charge in [0.1, 0.15) is 0 Å². The van der Waals surface area contributed by atoms with E-state index in [4.69, 9.17) is 4.42 Å². The van der Waals surface area contributed by atoms with Gasteiger partial charge in [-0.3, -0.25) is 0 Å². The quantitative estimate of drug-likeness (QED) is 0.783. The van der Waals surface area contributed by atoms with Crippen LogP contribution in [-0.4, -0.2) is 22.6 Å². The molecule has 4 nitrogen and oxygen atoms in total. The van der Waals surface area contributed by atoms with Crippen LogP contribution in [0.3, 0.4) is 0 Å². The van der Waals surface area contributed by atoms with Crippen molar-refractivity contribution in [2.24, 2.45) is 0 Å². The van der Waals surface area contributed by atoms with Crippen molar-refractivity contribution in [3.05, 3.63) is 24.2 Å². The highest BCUT2D eigenvalue weighted by atomic mass is 16.3. The molecule has 0 fully saturated rings. The molecular formula is C12H17N3O. The number of nitrogens with one attached hydrogen (secondary N) is 1. The van der Waals surface area contributed by atoms with E-state index >= 15 is 0 Å². The maximum Gasteiger partial charge on any atom is 0.198 e. The van der Waals surface area contributed by atoms with Gasteiger partial charge in [0, 0.05) is 18.7 Å². The summed E-state index contributed by atoms with van der Waals surface area (Å²) in [7, 11) is 0. The largest absolute Gasteiger partial charge is 0.439 e. The fourth-order valence-corrected chi connectivity index (χ4v) is 1.55. The van der Waals surface area contributed by atoms with Crippen LogP contribution in [0.1, 0.15) is 26.2 Å². The molecule has 2 aromatic rings. The number of hydrogen-bond acceptors (Lipinski definition) is 4. The van der Waals surface area contributed by atoms with Gasteiger partial charge in [-0.25, -0.2) is 4.98 Å². The molecule has 0 amide bonds. The third-order valence-corrected chi connectivity index (χ3v) is 2.33. The van der Waals surface area contributed by atoms with Gasteiger partial charge in [0.2, 0.25) is 0 Å². The molecule has 0 saturated carbocycles.